The van der Waals surface area contributed by atoms with E-state index in [0.29, 0.717) is 10.8 Å². The topological polar surface area (TPSA) is 47.3 Å². The lowest BCUT2D eigenvalue weighted by molar-refractivity contribution is 0.147. The maximum Gasteiger partial charge on any atom is 0.0467 e. The van der Waals surface area contributed by atoms with E-state index < -0.39 is 0 Å². The SMILES string of the molecule is COCCC(C)(C)CNCC1(CN)CCCC1. The van der Waals surface area contributed by atoms with Crippen LogP contribution in [0.15, 0.2) is 0 Å². The van der Waals surface area contributed by atoms with Gasteiger partial charge in [-0.25, -0.2) is 0 Å². The summed E-state index contributed by atoms with van der Waals surface area (Å²) >= 11 is 0. The van der Waals surface area contributed by atoms with Crippen molar-refractivity contribution in [3.8, 4) is 0 Å². The highest BCUT2D eigenvalue weighted by Crippen LogP contribution is 2.36. The average Bonchev–Trinajstić information content (AvgIpc) is 2.76. The number of hydrogen-bond donors (Lipinski definition) is 2. The van der Waals surface area contributed by atoms with Gasteiger partial charge in [0.15, 0.2) is 0 Å². The van der Waals surface area contributed by atoms with Crippen LogP contribution in [0.4, 0.5) is 0 Å². The molecule has 1 aliphatic rings. The number of hydrogen-bond acceptors (Lipinski definition) is 3. The Labute approximate surface area is 106 Å². The van der Waals surface area contributed by atoms with E-state index in [1.54, 1.807) is 7.11 Å². The first-order chi connectivity index (χ1) is 8.04. The number of nitrogens with two attached hydrogens (primary N) is 1. The second-order valence-electron chi connectivity index (χ2n) is 6.42. The minimum Gasteiger partial charge on any atom is -0.385 e. The van der Waals surface area contributed by atoms with Gasteiger partial charge in [-0.15, -0.1) is 0 Å². The van der Waals surface area contributed by atoms with Crippen LogP contribution in [0.1, 0.15) is 46.0 Å². The Hall–Kier alpha value is -0.120. The molecular weight excluding hydrogens is 212 g/mol. The molecule has 1 saturated carbocycles. The Kier molecular flexibility index (Phi) is 5.90. The summed E-state index contributed by atoms with van der Waals surface area (Å²) in [6.07, 6.45) is 6.41. The van der Waals surface area contributed by atoms with Crippen molar-refractivity contribution >= 4 is 0 Å². The molecule has 0 aromatic rings. The van der Waals surface area contributed by atoms with E-state index in [2.05, 4.69) is 19.2 Å². The molecule has 0 radical (unpaired) electrons. The van der Waals surface area contributed by atoms with Crippen LogP contribution < -0.4 is 11.1 Å². The first kappa shape index (κ1) is 14.9. The number of methoxy groups -OCH3 is 1. The molecule has 0 unspecified atom stereocenters. The monoisotopic (exact) mass is 242 g/mol. The zero-order valence-corrected chi connectivity index (χ0v) is 11.8. The van der Waals surface area contributed by atoms with Gasteiger partial charge in [-0.3, -0.25) is 0 Å². The van der Waals surface area contributed by atoms with Gasteiger partial charge in [0, 0.05) is 26.8 Å². The van der Waals surface area contributed by atoms with E-state index in [4.69, 9.17) is 10.5 Å². The predicted octanol–water partition coefficient (Wildman–Crippen LogP) is 2.16. The minimum atomic E-state index is 0.310. The van der Waals surface area contributed by atoms with Crippen LogP contribution in [-0.4, -0.2) is 33.4 Å². The van der Waals surface area contributed by atoms with Crippen LogP contribution in [-0.2, 0) is 4.74 Å². The maximum atomic E-state index is 5.94. The molecular formula is C14H30N2O. The number of ether oxygens (including phenoxy) is 1. The Morgan fingerprint density at radius 1 is 1.29 bits per heavy atom. The van der Waals surface area contributed by atoms with Crippen molar-refractivity contribution in [3.63, 3.8) is 0 Å². The Morgan fingerprint density at radius 3 is 2.47 bits per heavy atom. The van der Waals surface area contributed by atoms with Gasteiger partial charge in [-0.1, -0.05) is 26.7 Å². The highest BCUT2D eigenvalue weighted by Gasteiger charge is 2.32. The molecule has 1 rings (SSSR count). The highest BCUT2D eigenvalue weighted by atomic mass is 16.5. The molecule has 0 aliphatic heterocycles. The Bertz CT molecular complexity index is 210. The molecule has 0 saturated heterocycles. The van der Waals surface area contributed by atoms with Crippen molar-refractivity contribution in [2.24, 2.45) is 16.6 Å². The van der Waals surface area contributed by atoms with E-state index >= 15 is 0 Å². The Morgan fingerprint density at radius 2 is 1.94 bits per heavy atom. The van der Waals surface area contributed by atoms with Gasteiger partial charge in [-0.2, -0.15) is 0 Å². The van der Waals surface area contributed by atoms with Crippen LogP contribution in [0.25, 0.3) is 0 Å². The highest BCUT2D eigenvalue weighted by molar-refractivity contribution is 4.88. The summed E-state index contributed by atoms with van der Waals surface area (Å²) in [4.78, 5) is 0. The molecule has 17 heavy (non-hydrogen) atoms. The van der Waals surface area contributed by atoms with Crippen LogP contribution in [0, 0.1) is 10.8 Å². The third-order valence-corrected chi connectivity index (χ3v) is 4.18. The van der Waals surface area contributed by atoms with Crippen LogP contribution in [0.3, 0.4) is 0 Å². The third-order valence-electron chi connectivity index (χ3n) is 4.18. The summed E-state index contributed by atoms with van der Waals surface area (Å²) in [5.41, 5.74) is 6.63. The molecule has 3 nitrogen and oxygen atoms in total. The van der Waals surface area contributed by atoms with Crippen molar-refractivity contribution in [1.82, 2.24) is 5.32 Å². The first-order valence-electron chi connectivity index (χ1n) is 6.93. The standard InChI is InChI=1S/C14H30N2O/c1-13(2,8-9-17-3)11-16-12-14(10-15)6-4-5-7-14/h16H,4-12,15H2,1-3H3. The second-order valence-corrected chi connectivity index (χ2v) is 6.42. The van der Waals surface area contributed by atoms with Gasteiger partial charge < -0.3 is 15.8 Å². The summed E-state index contributed by atoms with van der Waals surface area (Å²) < 4.78 is 5.15. The summed E-state index contributed by atoms with van der Waals surface area (Å²) in [6.45, 7) is 8.40. The molecule has 3 heteroatoms. The van der Waals surface area contributed by atoms with Gasteiger partial charge in [0.05, 0.1) is 0 Å². The van der Waals surface area contributed by atoms with Gasteiger partial charge >= 0.3 is 0 Å². The average molecular weight is 242 g/mol. The molecule has 0 atom stereocenters. The molecule has 0 amide bonds. The van der Waals surface area contributed by atoms with Crippen LogP contribution in [0.5, 0.6) is 0 Å². The number of nitrogens with one attached hydrogen (secondary N) is 1. The van der Waals surface area contributed by atoms with E-state index in [0.717, 1.165) is 32.7 Å². The fourth-order valence-corrected chi connectivity index (χ4v) is 2.71. The third kappa shape index (κ3) is 4.94. The van der Waals surface area contributed by atoms with Gasteiger partial charge in [0.1, 0.15) is 0 Å². The molecule has 102 valence electrons. The zero-order valence-electron chi connectivity index (χ0n) is 11.8. The van der Waals surface area contributed by atoms with Gasteiger partial charge in [-0.05, 0) is 36.6 Å². The van der Waals surface area contributed by atoms with E-state index in [-0.39, 0.29) is 0 Å². The van der Waals surface area contributed by atoms with E-state index in [1.807, 2.05) is 0 Å². The largest absolute Gasteiger partial charge is 0.385 e. The van der Waals surface area contributed by atoms with Crippen molar-refractivity contribution in [1.29, 1.82) is 0 Å². The molecule has 0 spiro atoms. The lowest BCUT2D eigenvalue weighted by Crippen LogP contribution is -2.41. The molecule has 3 N–H and O–H groups in total. The summed E-state index contributed by atoms with van der Waals surface area (Å²) in [7, 11) is 1.77. The molecule has 1 fully saturated rings. The zero-order chi connectivity index (χ0) is 12.8. The predicted molar refractivity (Wildman–Crippen MR) is 73.1 cm³/mol. The van der Waals surface area contributed by atoms with Crippen molar-refractivity contribution in [2.75, 3.05) is 33.4 Å². The van der Waals surface area contributed by atoms with Crippen molar-refractivity contribution in [2.45, 2.75) is 46.0 Å². The van der Waals surface area contributed by atoms with E-state index in [1.165, 1.54) is 25.7 Å². The van der Waals surface area contributed by atoms with Gasteiger partial charge in [0.2, 0.25) is 0 Å². The normalized spacial score (nSPS) is 19.8. The first-order valence-corrected chi connectivity index (χ1v) is 6.93. The summed E-state index contributed by atoms with van der Waals surface area (Å²) in [5.74, 6) is 0. The summed E-state index contributed by atoms with van der Waals surface area (Å²) in [6, 6.07) is 0. The lowest BCUT2D eigenvalue weighted by atomic mass is 9.85. The quantitative estimate of drug-likeness (QED) is 0.685. The molecule has 0 heterocycles. The van der Waals surface area contributed by atoms with Gasteiger partial charge in [0.25, 0.3) is 0 Å². The number of rotatable bonds is 8. The lowest BCUT2D eigenvalue weighted by Gasteiger charge is -2.31. The fraction of sp³-hybridized carbons (Fsp3) is 1.00. The minimum absolute atomic E-state index is 0.310. The van der Waals surface area contributed by atoms with Crippen molar-refractivity contribution < 1.29 is 4.74 Å². The summed E-state index contributed by atoms with van der Waals surface area (Å²) in [5, 5.41) is 3.63. The molecule has 0 bridgehead atoms. The smallest absolute Gasteiger partial charge is 0.0467 e. The van der Waals surface area contributed by atoms with Crippen LogP contribution in [0.2, 0.25) is 0 Å². The van der Waals surface area contributed by atoms with Crippen LogP contribution >= 0.6 is 0 Å². The van der Waals surface area contributed by atoms with E-state index in [9.17, 15) is 0 Å². The second kappa shape index (κ2) is 6.72. The Balaban J connectivity index is 2.26. The maximum absolute atomic E-state index is 5.94. The molecule has 0 aromatic carbocycles. The van der Waals surface area contributed by atoms with Crippen molar-refractivity contribution in [3.05, 3.63) is 0 Å². The fourth-order valence-electron chi connectivity index (χ4n) is 2.71. The molecule has 1 aliphatic carbocycles. The molecule has 0 aromatic heterocycles.